The summed E-state index contributed by atoms with van der Waals surface area (Å²) in [6.07, 6.45) is 8.28. The van der Waals surface area contributed by atoms with Gasteiger partial charge in [-0.05, 0) is 68.1 Å². The minimum atomic E-state index is -0.0142. The molecule has 0 amide bonds. The Morgan fingerprint density at radius 1 is 1.04 bits per heavy atom. The second kappa shape index (κ2) is 5.17. The number of Topliss-reactive ketones (excluding diaryl/α,β-unsaturated/α-hetero) is 1. The Balaban J connectivity index is 1.64. The van der Waals surface area contributed by atoms with Crippen molar-refractivity contribution in [2.45, 2.75) is 72.6 Å². The van der Waals surface area contributed by atoms with Gasteiger partial charge < -0.3 is 0 Å². The lowest BCUT2D eigenvalue weighted by Gasteiger charge is -2.56. The molecule has 2 heteroatoms. The molecule has 0 saturated heterocycles. The predicted molar refractivity (Wildman–Crippen MR) is 94.6 cm³/mol. The number of carbonyl (C=O) groups excluding carboxylic acids is 1. The molecule has 3 aliphatic carbocycles. The van der Waals surface area contributed by atoms with E-state index in [0.717, 1.165) is 43.6 Å². The van der Waals surface area contributed by atoms with E-state index >= 15 is 0 Å². The van der Waals surface area contributed by atoms with E-state index in [1.54, 1.807) is 0 Å². The lowest BCUT2D eigenvalue weighted by Crippen LogP contribution is -2.54. The van der Waals surface area contributed by atoms with Crippen molar-refractivity contribution in [3.05, 3.63) is 0 Å². The normalized spacial score (nSPS) is 49.4. The Kier molecular flexibility index (Phi) is 3.56. The first-order valence-corrected chi connectivity index (χ1v) is 9.93. The van der Waals surface area contributed by atoms with Crippen LogP contribution >= 0.6 is 0 Å². The maximum atomic E-state index is 12.4. The van der Waals surface area contributed by atoms with Crippen molar-refractivity contribution in [3.8, 4) is 0 Å². The first kappa shape index (κ1) is 15.8. The number of nitrogens with zero attached hydrogens (tertiary/aromatic N) is 1. The molecule has 0 N–H and O–H groups in total. The highest BCUT2D eigenvalue weighted by Gasteiger charge is 2.59. The molecular weight excluding hydrogens is 282 g/mol. The number of aliphatic imine (C=N–C) groups is 1. The minimum Gasteiger partial charge on any atom is -0.299 e. The second-order valence-corrected chi connectivity index (χ2v) is 9.75. The Hall–Kier alpha value is -0.660. The van der Waals surface area contributed by atoms with E-state index in [2.05, 4.69) is 27.7 Å². The van der Waals surface area contributed by atoms with E-state index in [4.69, 9.17) is 4.99 Å². The Bertz CT molecular complexity index is 550. The number of ketones is 1. The Labute approximate surface area is 141 Å². The molecule has 1 heterocycles. The number of fused-ring (bicyclic) bond motifs is 5. The van der Waals surface area contributed by atoms with Crippen molar-refractivity contribution < 1.29 is 4.79 Å². The molecule has 0 bridgehead atoms. The van der Waals surface area contributed by atoms with Crippen LogP contribution in [0.25, 0.3) is 0 Å². The van der Waals surface area contributed by atoms with Crippen LogP contribution in [0.4, 0.5) is 0 Å². The van der Waals surface area contributed by atoms with Crippen molar-refractivity contribution in [1.82, 2.24) is 0 Å². The van der Waals surface area contributed by atoms with Gasteiger partial charge in [-0.1, -0.05) is 27.7 Å². The number of hydrogen-bond donors (Lipinski definition) is 0. The molecule has 3 saturated carbocycles. The molecule has 0 spiro atoms. The van der Waals surface area contributed by atoms with Crippen LogP contribution in [0.5, 0.6) is 0 Å². The van der Waals surface area contributed by atoms with E-state index in [0.29, 0.717) is 23.0 Å². The fraction of sp³-hybridized carbons (Fsp3) is 0.905. The van der Waals surface area contributed by atoms with Crippen LogP contribution in [0.15, 0.2) is 4.99 Å². The SMILES string of the molecule is CC(C)[C@H]1CC[C@@]2(C)C(=NC[C@@H]3[C@@H]2CC[C@]2(C)C(=O)CC[C@@H]32)C1. The fourth-order valence-electron chi connectivity index (χ4n) is 6.75. The summed E-state index contributed by atoms with van der Waals surface area (Å²) >= 11 is 0. The zero-order valence-corrected chi connectivity index (χ0v) is 15.4. The first-order chi connectivity index (χ1) is 10.9. The standard InChI is InChI=1S/C21H33NO/c1-13(2)14-7-9-20(3)17-8-10-21(4)16(5-6-19(21)23)15(17)12-22-18(20)11-14/h13-17H,5-12H2,1-4H3/t14-,15-,16-,17-,20+,21-/m0/s1. The van der Waals surface area contributed by atoms with Crippen LogP contribution in [0.2, 0.25) is 0 Å². The molecule has 4 rings (SSSR count). The molecule has 0 aromatic rings. The van der Waals surface area contributed by atoms with E-state index in [1.807, 2.05) is 0 Å². The van der Waals surface area contributed by atoms with Gasteiger partial charge in [0.2, 0.25) is 0 Å². The fourth-order valence-corrected chi connectivity index (χ4v) is 6.75. The highest BCUT2D eigenvalue weighted by Crippen LogP contribution is 2.61. The lowest BCUT2D eigenvalue weighted by molar-refractivity contribution is -0.131. The van der Waals surface area contributed by atoms with Crippen LogP contribution in [-0.2, 0) is 4.79 Å². The van der Waals surface area contributed by atoms with Gasteiger partial charge in [-0.3, -0.25) is 9.79 Å². The zero-order valence-electron chi connectivity index (χ0n) is 15.4. The van der Waals surface area contributed by atoms with Crippen molar-refractivity contribution >= 4 is 11.5 Å². The summed E-state index contributed by atoms with van der Waals surface area (Å²) in [7, 11) is 0. The summed E-state index contributed by atoms with van der Waals surface area (Å²) in [6, 6.07) is 0. The van der Waals surface area contributed by atoms with Gasteiger partial charge in [0.25, 0.3) is 0 Å². The van der Waals surface area contributed by atoms with Crippen molar-refractivity contribution in [2.24, 2.45) is 45.4 Å². The molecule has 128 valence electrons. The molecule has 0 aromatic carbocycles. The Morgan fingerprint density at radius 2 is 1.74 bits per heavy atom. The first-order valence-electron chi connectivity index (χ1n) is 9.93. The van der Waals surface area contributed by atoms with Crippen LogP contribution in [0, 0.1) is 40.4 Å². The summed E-state index contributed by atoms with van der Waals surface area (Å²) < 4.78 is 0. The molecule has 1 aliphatic heterocycles. The average molecular weight is 316 g/mol. The van der Waals surface area contributed by atoms with Gasteiger partial charge in [-0.15, -0.1) is 0 Å². The van der Waals surface area contributed by atoms with Crippen LogP contribution in [-0.4, -0.2) is 18.0 Å². The average Bonchev–Trinajstić information content (AvgIpc) is 2.82. The summed E-state index contributed by atoms with van der Waals surface area (Å²) in [4.78, 5) is 17.6. The highest BCUT2D eigenvalue weighted by molar-refractivity contribution is 5.92. The van der Waals surface area contributed by atoms with E-state index in [9.17, 15) is 4.79 Å². The smallest absolute Gasteiger partial charge is 0.139 e. The van der Waals surface area contributed by atoms with Gasteiger partial charge in [-0.2, -0.15) is 0 Å². The molecule has 2 nitrogen and oxygen atoms in total. The van der Waals surface area contributed by atoms with Crippen LogP contribution in [0.1, 0.15) is 72.6 Å². The van der Waals surface area contributed by atoms with Crippen molar-refractivity contribution in [3.63, 3.8) is 0 Å². The summed E-state index contributed by atoms with van der Waals surface area (Å²) in [5.74, 6) is 4.22. The van der Waals surface area contributed by atoms with E-state index in [1.165, 1.54) is 31.4 Å². The molecule has 23 heavy (non-hydrogen) atoms. The Morgan fingerprint density at radius 3 is 2.48 bits per heavy atom. The van der Waals surface area contributed by atoms with Crippen LogP contribution < -0.4 is 0 Å². The molecule has 0 aromatic heterocycles. The second-order valence-electron chi connectivity index (χ2n) is 9.75. The summed E-state index contributed by atoms with van der Waals surface area (Å²) in [6.45, 7) is 10.5. The molecule has 3 fully saturated rings. The molecule has 4 aliphatic rings. The molecule has 0 unspecified atom stereocenters. The third kappa shape index (κ3) is 2.12. The van der Waals surface area contributed by atoms with E-state index < -0.39 is 0 Å². The maximum absolute atomic E-state index is 12.4. The molecule has 0 radical (unpaired) electrons. The monoisotopic (exact) mass is 315 g/mol. The number of rotatable bonds is 1. The zero-order chi connectivity index (χ0) is 16.4. The van der Waals surface area contributed by atoms with Gasteiger partial charge in [0.15, 0.2) is 0 Å². The van der Waals surface area contributed by atoms with Gasteiger partial charge >= 0.3 is 0 Å². The number of carbonyl (C=O) groups is 1. The maximum Gasteiger partial charge on any atom is 0.139 e. The highest BCUT2D eigenvalue weighted by atomic mass is 16.1. The third-order valence-corrected chi connectivity index (χ3v) is 8.55. The lowest BCUT2D eigenvalue weighted by atomic mass is 9.49. The van der Waals surface area contributed by atoms with E-state index in [-0.39, 0.29) is 5.41 Å². The summed E-state index contributed by atoms with van der Waals surface area (Å²) in [5, 5.41) is 0. The van der Waals surface area contributed by atoms with Crippen LogP contribution in [0.3, 0.4) is 0 Å². The third-order valence-electron chi connectivity index (χ3n) is 8.55. The number of hydrogen-bond acceptors (Lipinski definition) is 2. The van der Waals surface area contributed by atoms with Crippen molar-refractivity contribution in [1.29, 1.82) is 0 Å². The minimum absolute atomic E-state index is 0.0142. The largest absolute Gasteiger partial charge is 0.299 e. The molecule has 6 atom stereocenters. The predicted octanol–water partition coefficient (Wildman–Crippen LogP) is 4.92. The van der Waals surface area contributed by atoms with Gasteiger partial charge in [-0.25, -0.2) is 0 Å². The van der Waals surface area contributed by atoms with Gasteiger partial charge in [0.05, 0.1) is 0 Å². The van der Waals surface area contributed by atoms with Gasteiger partial charge in [0.1, 0.15) is 5.78 Å². The van der Waals surface area contributed by atoms with Gasteiger partial charge in [0, 0.05) is 29.5 Å². The molecular formula is C21H33NO. The topological polar surface area (TPSA) is 29.4 Å². The quantitative estimate of drug-likeness (QED) is 0.675. The van der Waals surface area contributed by atoms with Crippen molar-refractivity contribution in [2.75, 3.05) is 6.54 Å². The summed E-state index contributed by atoms with van der Waals surface area (Å²) in [5.41, 5.74) is 1.86.